The lowest BCUT2D eigenvalue weighted by molar-refractivity contribution is -0.248. The highest BCUT2D eigenvalue weighted by atomic mass is 35.5. The second-order valence-corrected chi connectivity index (χ2v) is 7.01. The van der Waals surface area contributed by atoms with Crippen LogP contribution in [0.15, 0.2) is 42.5 Å². The Bertz CT molecular complexity index is 889. The zero-order chi connectivity index (χ0) is 19.1. The number of carbonyl (C=O) groups excluding carboxylic acids is 1. The van der Waals surface area contributed by atoms with Crippen molar-refractivity contribution in [2.24, 2.45) is 0 Å². The van der Waals surface area contributed by atoms with Crippen molar-refractivity contribution >= 4 is 46.1 Å². The van der Waals surface area contributed by atoms with Gasteiger partial charge in [0.25, 0.3) is 0 Å². The fraction of sp³-hybridized carbons (Fsp3) is 0.167. The first kappa shape index (κ1) is 19.1. The lowest BCUT2D eigenvalue weighted by Crippen LogP contribution is -2.46. The summed E-state index contributed by atoms with van der Waals surface area (Å²) in [6.45, 7) is 0. The Kier molecular flexibility index (Phi) is 4.99. The van der Waals surface area contributed by atoms with Crippen molar-refractivity contribution in [1.82, 2.24) is 0 Å². The molecule has 136 valence electrons. The molecule has 0 saturated heterocycles. The Balaban J connectivity index is 2.11. The summed E-state index contributed by atoms with van der Waals surface area (Å²) >= 11 is 17.7. The van der Waals surface area contributed by atoms with E-state index in [1.54, 1.807) is 0 Å². The van der Waals surface area contributed by atoms with Gasteiger partial charge in [0.05, 0.1) is 5.03 Å². The maximum atomic E-state index is 14.0. The minimum Gasteiger partial charge on any atom is -0.472 e. The van der Waals surface area contributed by atoms with E-state index in [9.17, 15) is 18.0 Å². The molecule has 1 aliphatic rings. The molecule has 0 N–H and O–H groups in total. The van der Waals surface area contributed by atoms with Gasteiger partial charge in [0, 0.05) is 22.0 Å². The van der Waals surface area contributed by atoms with Gasteiger partial charge in [0.2, 0.25) is 5.60 Å². The normalized spacial score (nSPS) is 19.8. The van der Waals surface area contributed by atoms with Gasteiger partial charge >= 0.3 is 6.18 Å². The zero-order valence-corrected chi connectivity index (χ0v) is 15.2. The van der Waals surface area contributed by atoms with Crippen molar-refractivity contribution in [2.75, 3.05) is 0 Å². The Morgan fingerprint density at radius 3 is 2.35 bits per heavy atom. The summed E-state index contributed by atoms with van der Waals surface area (Å²) in [5, 5.41) is 0.278. The first-order valence-electron chi connectivity index (χ1n) is 7.33. The summed E-state index contributed by atoms with van der Waals surface area (Å²) < 4.78 is 47.4. The number of carbonyl (C=O) groups is 1. The summed E-state index contributed by atoms with van der Waals surface area (Å²) in [7, 11) is 0. The molecule has 1 heterocycles. The van der Waals surface area contributed by atoms with Crippen LogP contribution >= 0.6 is 34.8 Å². The first-order chi connectivity index (χ1) is 12.2. The van der Waals surface area contributed by atoms with E-state index in [1.165, 1.54) is 36.4 Å². The average Bonchev–Trinajstić information content (AvgIpc) is 2.94. The van der Waals surface area contributed by atoms with Crippen LogP contribution < -0.4 is 4.74 Å². The van der Waals surface area contributed by atoms with Crippen LogP contribution in [0.1, 0.15) is 16.7 Å². The highest BCUT2D eigenvalue weighted by Gasteiger charge is 2.61. The maximum absolute atomic E-state index is 14.0. The number of ether oxygens (including phenoxy) is 1. The summed E-state index contributed by atoms with van der Waals surface area (Å²) in [4.78, 5) is 10.5. The summed E-state index contributed by atoms with van der Waals surface area (Å²) in [6, 6.07) is 8.07. The van der Waals surface area contributed by atoms with Gasteiger partial charge in [-0.1, -0.05) is 34.8 Å². The molecule has 1 atom stereocenters. The predicted octanol–water partition coefficient (Wildman–Crippen LogP) is 6.16. The van der Waals surface area contributed by atoms with E-state index in [4.69, 9.17) is 39.5 Å². The highest BCUT2D eigenvalue weighted by molar-refractivity contribution is 6.49. The standard InChI is InChI=1S/C18H10Cl3F3O2/c19-13-6-12(7-14(20)8-13)17(18(22,23)24)9-11-5-10(15(21)3-4-25)1-2-16(11)26-17/h1-8H,9H2. The summed E-state index contributed by atoms with van der Waals surface area (Å²) in [5.41, 5.74) is -2.06. The molecule has 2 aromatic carbocycles. The van der Waals surface area contributed by atoms with Gasteiger partial charge in [-0.3, -0.25) is 4.79 Å². The van der Waals surface area contributed by atoms with Crippen molar-refractivity contribution in [1.29, 1.82) is 0 Å². The maximum Gasteiger partial charge on any atom is 0.432 e. The fourth-order valence-corrected chi connectivity index (χ4v) is 3.58. The van der Waals surface area contributed by atoms with E-state index in [-0.39, 0.29) is 26.4 Å². The third-order valence-corrected chi connectivity index (χ3v) is 4.84. The Hall–Kier alpha value is -1.69. The van der Waals surface area contributed by atoms with Gasteiger partial charge in [0.15, 0.2) is 0 Å². The van der Waals surface area contributed by atoms with Crippen LogP contribution in [0, 0.1) is 0 Å². The van der Waals surface area contributed by atoms with Crippen LogP contribution in [-0.4, -0.2) is 12.5 Å². The van der Waals surface area contributed by atoms with Crippen LogP contribution in [0.3, 0.4) is 0 Å². The molecule has 0 aromatic heterocycles. The molecular formula is C18H10Cl3F3O2. The summed E-state index contributed by atoms with van der Waals surface area (Å²) in [5.74, 6) is 0.0812. The monoisotopic (exact) mass is 420 g/mol. The van der Waals surface area contributed by atoms with Gasteiger partial charge < -0.3 is 4.74 Å². The minimum atomic E-state index is -4.72. The Labute approximate surface area is 162 Å². The van der Waals surface area contributed by atoms with Gasteiger partial charge in [-0.25, -0.2) is 0 Å². The third-order valence-electron chi connectivity index (χ3n) is 4.06. The zero-order valence-electron chi connectivity index (χ0n) is 12.9. The average molecular weight is 422 g/mol. The molecule has 1 aliphatic heterocycles. The molecule has 8 heteroatoms. The molecule has 3 rings (SSSR count). The van der Waals surface area contributed by atoms with Gasteiger partial charge in [-0.2, -0.15) is 13.2 Å². The fourth-order valence-electron chi connectivity index (χ4n) is 2.88. The second-order valence-electron chi connectivity index (χ2n) is 5.73. The molecule has 0 spiro atoms. The van der Waals surface area contributed by atoms with Crippen LogP contribution in [-0.2, 0) is 16.8 Å². The quantitative estimate of drug-likeness (QED) is 0.438. The van der Waals surface area contributed by atoms with E-state index in [0.29, 0.717) is 17.4 Å². The van der Waals surface area contributed by atoms with Crippen molar-refractivity contribution in [3.8, 4) is 5.75 Å². The van der Waals surface area contributed by atoms with Gasteiger partial charge in [-0.15, -0.1) is 0 Å². The van der Waals surface area contributed by atoms with Gasteiger partial charge in [-0.05, 0) is 53.6 Å². The molecule has 0 bridgehead atoms. The number of rotatable bonds is 3. The lowest BCUT2D eigenvalue weighted by atomic mass is 9.88. The SMILES string of the molecule is O=CC=C(Cl)c1ccc2c(c1)CC(c1cc(Cl)cc(Cl)c1)(C(F)(F)F)O2. The third kappa shape index (κ3) is 3.31. The largest absolute Gasteiger partial charge is 0.472 e. The molecule has 0 aliphatic carbocycles. The number of hydrogen-bond donors (Lipinski definition) is 0. The van der Waals surface area contributed by atoms with Crippen LogP contribution in [0.25, 0.3) is 5.03 Å². The number of aldehydes is 1. The predicted molar refractivity (Wildman–Crippen MR) is 94.9 cm³/mol. The number of halogens is 6. The number of allylic oxidation sites excluding steroid dienone is 1. The van der Waals surface area contributed by atoms with E-state index >= 15 is 0 Å². The van der Waals surface area contributed by atoms with E-state index in [0.717, 1.165) is 6.08 Å². The van der Waals surface area contributed by atoms with Crippen molar-refractivity contribution in [3.05, 3.63) is 69.2 Å². The minimum absolute atomic E-state index is 0.0772. The lowest BCUT2D eigenvalue weighted by Gasteiger charge is -2.31. The van der Waals surface area contributed by atoms with Gasteiger partial charge in [0.1, 0.15) is 12.0 Å². The Morgan fingerprint density at radius 1 is 1.12 bits per heavy atom. The topological polar surface area (TPSA) is 26.3 Å². The Morgan fingerprint density at radius 2 is 1.77 bits per heavy atom. The van der Waals surface area contributed by atoms with Crippen LogP contribution in [0.5, 0.6) is 5.75 Å². The first-order valence-corrected chi connectivity index (χ1v) is 8.46. The summed E-state index contributed by atoms with van der Waals surface area (Å²) in [6.07, 6.45) is -3.57. The highest BCUT2D eigenvalue weighted by Crippen LogP contribution is 2.52. The molecule has 0 radical (unpaired) electrons. The molecule has 1 unspecified atom stereocenters. The van der Waals surface area contributed by atoms with Crippen LogP contribution in [0.4, 0.5) is 13.2 Å². The molecule has 26 heavy (non-hydrogen) atoms. The molecule has 0 saturated carbocycles. The molecule has 0 fully saturated rings. The van der Waals surface area contributed by atoms with Crippen molar-refractivity contribution in [2.45, 2.75) is 18.2 Å². The van der Waals surface area contributed by atoms with E-state index in [2.05, 4.69) is 0 Å². The number of benzene rings is 2. The molecule has 2 aromatic rings. The number of hydrogen-bond acceptors (Lipinski definition) is 2. The smallest absolute Gasteiger partial charge is 0.432 e. The second kappa shape index (κ2) is 6.80. The number of alkyl halides is 3. The van der Waals surface area contributed by atoms with E-state index in [1.807, 2.05) is 0 Å². The van der Waals surface area contributed by atoms with Crippen molar-refractivity contribution < 1.29 is 22.7 Å². The molecule has 0 amide bonds. The van der Waals surface area contributed by atoms with Crippen molar-refractivity contribution in [3.63, 3.8) is 0 Å². The van der Waals surface area contributed by atoms with Crippen LogP contribution in [0.2, 0.25) is 10.0 Å². The van der Waals surface area contributed by atoms with E-state index < -0.39 is 18.2 Å². The number of fused-ring (bicyclic) bond motifs is 1. The molecule has 2 nitrogen and oxygen atoms in total. The molecular weight excluding hydrogens is 412 g/mol.